The number of esters is 1. The number of halogens is 4. The van der Waals surface area contributed by atoms with Crippen LogP contribution in [-0.4, -0.2) is 52.3 Å². The fourth-order valence-corrected chi connectivity index (χ4v) is 5.32. The predicted octanol–water partition coefficient (Wildman–Crippen LogP) is 6.10. The van der Waals surface area contributed by atoms with Crippen LogP contribution in [0.5, 0.6) is 0 Å². The van der Waals surface area contributed by atoms with Crippen molar-refractivity contribution in [2.75, 3.05) is 13.1 Å². The molecule has 0 radical (unpaired) electrons. The Morgan fingerprint density at radius 3 is 2.32 bits per heavy atom. The van der Waals surface area contributed by atoms with Crippen LogP contribution in [0, 0.1) is 5.82 Å². The van der Waals surface area contributed by atoms with Gasteiger partial charge in [-0.05, 0) is 75.2 Å². The number of allylic oxidation sites excluding steroid dienone is 1. The molecule has 12 heteroatoms. The quantitative estimate of drug-likeness (QED) is 0.247. The number of nitrogens with one attached hydrogen (secondary N) is 1. The molecule has 2 aromatic carbocycles. The molecule has 2 heterocycles. The number of hydrogen-bond donors (Lipinski definition) is 1. The molecule has 4 rings (SSSR count). The molecular weight excluding hydrogens is 562 g/mol. The Morgan fingerprint density at radius 1 is 1.07 bits per heavy atom. The zero-order valence-corrected chi connectivity index (χ0v) is 23.7. The molecule has 0 aliphatic carbocycles. The maximum atomic E-state index is 14.1. The predicted molar refractivity (Wildman–Crippen MR) is 147 cm³/mol. The third-order valence-corrected chi connectivity index (χ3v) is 7.19. The minimum Gasteiger partial charge on any atom is -0.459 e. The van der Waals surface area contributed by atoms with E-state index in [-0.39, 0.29) is 27.8 Å². The smallest absolute Gasteiger partial charge is 0.417 e. The Morgan fingerprint density at radius 2 is 1.71 bits per heavy atom. The number of likely N-dealkylation sites (tertiary alicyclic amines) is 1. The molecule has 1 fully saturated rings. The van der Waals surface area contributed by atoms with E-state index < -0.39 is 42.1 Å². The van der Waals surface area contributed by atoms with Crippen molar-refractivity contribution in [3.63, 3.8) is 0 Å². The van der Waals surface area contributed by atoms with E-state index >= 15 is 0 Å². The first-order chi connectivity index (χ1) is 19.3. The monoisotopic (exact) mass is 593 g/mol. The van der Waals surface area contributed by atoms with Gasteiger partial charge in [-0.3, -0.25) is 4.90 Å². The highest BCUT2D eigenvalue weighted by molar-refractivity contribution is 7.80. The Hall–Kier alpha value is -3.51. The zero-order valence-electron chi connectivity index (χ0n) is 22.8. The van der Waals surface area contributed by atoms with Crippen molar-refractivity contribution >= 4 is 29.4 Å². The average molecular weight is 594 g/mol. The first kappa shape index (κ1) is 30.4. The van der Waals surface area contributed by atoms with E-state index in [1.54, 1.807) is 26.0 Å². The first-order valence-corrected chi connectivity index (χ1v) is 13.6. The highest BCUT2D eigenvalue weighted by atomic mass is 32.1. The van der Waals surface area contributed by atoms with Crippen LogP contribution in [0.2, 0.25) is 0 Å². The number of amides is 1. The van der Waals surface area contributed by atoms with Crippen LogP contribution in [0.1, 0.15) is 56.3 Å². The van der Waals surface area contributed by atoms with Crippen molar-refractivity contribution in [3.8, 4) is 0 Å². The number of rotatable bonds is 6. The molecule has 0 spiro atoms. The van der Waals surface area contributed by atoms with E-state index in [0.717, 1.165) is 16.5 Å². The number of carbonyl (C=O) groups excluding carboxylic acids is 2. The molecule has 1 N–H and O–H groups in total. The van der Waals surface area contributed by atoms with Gasteiger partial charge >= 0.3 is 18.2 Å². The molecule has 7 nitrogen and oxygen atoms in total. The number of benzene rings is 2. The molecule has 0 bridgehead atoms. The number of nitrogens with zero attached hydrogens (tertiary/aromatic N) is 2. The number of hydrogen-bond acceptors (Lipinski definition) is 6. The molecule has 1 atom stereocenters. The van der Waals surface area contributed by atoms with E-state index in [2.05, 4.69) is 10.2 Å². The molecule has 41 heavy (non-hydrogen) atoms. The van der Waals surface area contributed by atoms with Crippen LogP contribution in [0.25, 0.3) is 0 Å². The lowest BCUT2D eigenvalue weighted by Crippen LogP contribution is -2.52. The van der Waals surface area contributed by atoms with Crippen LogP contribution in [0.3, 0.4) is 0 Å². The van der Waals surface area contributed by atoms with Gasteiger partial charge in [0.2, 0.25) is 0 Å². The van der Waals surface area contributed by atoms with Gasteiger partial charge in [-0.2, -0.15) is 13.2 Å². The third kappa shape index (κ3) is 7.23. The summed E-state index contributed by atoms with van der Waals surface area (Å²) in [7, 11) is 0. The molecule has 2 aromatic rings. The SMILES string of the molecule is CC1=C(C(=O)OC(C)C)[C@@H](c2ccccc2C(F)(F)F)N(C(=O)OC2CCN(Cc3ccc(F)cc3)CC2)C(=S)N1. The highest BCUT2D eigenvalue weighted by Gasteiger charge is 2.46. The lowest BCUT2D eigenvalue weighted by Gasteiger charge is -2.40. The summed E-state index contributed by atoms with van der Waals surface area (Å²) in [6.45, 7) is 6.49. The van der Waals surface area contributed by atoms with Crippen molar-refractivity contribution in [1.82, 2.24) is 15.1 Å². The first-order valence-electron chi connectivity index (χ1n) is 13.2. The van der Waals surface area contributed by atoms with Gasteiger partial charge in [0.15, 0.2) is 5.11 Å². The fourth-order valence-electron chi connectivity index (χ4n) is 4.99. The van der Waals surface area contributed by atoms with Crippen LogP contribution in [0.15, 0.2) is 59.8 Å². The second-order valence-electron chi connectivity index (χ2n) is 10.3. The Kier molecular flexibility index (Phi) is 9.33. The molecule has 220 valence electrons. The Bertz CT molecular complexity index is 1320. The average Bonchev–Trinajstić information content (AvgIpc) is 2.89. The normalized spacial score (nSPS) is 18.9. The zero-order chi connectivity index (χ0) is 29.9. The van der Waals surface area contributed by atoms with Crippen molar-refractivity contribution in [3.05, 3.63) is 82.3 Å². The summed E-state index contributed by atoms with van der Waals surface area (Å²) in [5.74, 6) is -1.19. The van der Waals surface area contributed by atoms with E-state index in [9.17, 15) is 27.2 Å². The largest absolute Gasteiger partial charge is 0.459 e. The Balaban J connectivity index is 1.58. The van der Waals surface area contributed by atoms with Crippen LogP contribution < -0.4 is 5.32 Å². The summed E-state index contributed by atoms with van der Waals surface area (Å²) in [5, 5.41) is 2.58. The maximum Gasteiger partial charge on any atom is 0.417 e. The van der Waals surface area contributed by atoms with E-state index in [4.69, 9.17) is 21.7 Å². The highest BCUT2D eigenvalue weighted by Crippen LogP contribution is 2.42. The van der Waals surface area contributed by atoms with Crippen LogP contribution in [-0.2, 0) is 27.0 Å². The number of thiocarbonyl (C=S) groups is 1. The molecule has 0 aromatic heterocycles. The van der Waals surface area contributed by atoms with E-state index in [1.165, 1.54) is 37.3 Å². The standard InChI is InChI=1S/C29H31F4N3O4S/c1-17(2)39-26(37)24-18(3)34-27(41)36(25(24)22-6-4-5-7-23(22)29(31,32)33)28(38)40-21-12-14-35(15-13-21)16-19-8-10-20(30)11-9-19/h4-11,17,21,25H,12-16H2,1-3H3,(H,34,41)/t25-/m1/s1. The molecule has 1 amide bonds. The van der Waals surface area contributed by atoms with Crippen molar-refractivity contribution in [1.29, 1.82) is 0 Å². The lowest BCUT2D eigenvalue weighted by atomic mass is 9.90. The topological polar surface area (TPSA) is 71.1 Å². The second-order valence-corrected chi connectivity index (χ2v) is 10.7. The van der Waals surface area contributed by atoms with Crippen molar-refractivity contribution < 1.29 is 36.6 Å². The summed E-state index contributed by atoms with van der Waals surface area (Å²) in [5.41, 5.74) is -0.384. The van der Waals surface area contributed by atoms with Gasteiger partial charge in [-0.25, -0.2) is 18.9 Å². The van der Waals surface area contributed by atoms with Gasteiger partial charge in [0.05, 0.1) is 17.2 Å². The minimum absolute atomic E-state index is 0.171. The molecule has 0 unspecified atom stereocenters. The van der Waals surface area contributed by atoms with Crippen molar-refractivity contribution in [2.24, 2.45) is 0 Å². The molecule has 2 aliphatic heterocycles. The lowest BCUT2D eigenvalue weighted by molar-refractivity contribution is -0.144. The van der Waals surface area contributed by atoms with Gasteiger partial charge in [-0.15, -0.1) is 0 Å². The Labute approximate surface area is 241 Å². The second kappa shape index (κ2) is 12.6. The maximum absolute atomic E-state index is 14.1. The number of alkyl halides is 3. The number of carbonyl (C=O) groups is 2. The summed E-state index contributed by atoms with van der Waals surface area (Å²) >= 11 is 5.40. The molecular formula is C29H31F4N3O4S. The van der Waals surface area contributed by atoms with Crippen molar-refractivity contribution in [2.45, 2.75) is 64.6 Å². The fraction of sp³-hybridized carbons (Fsp3) is 0.414. The summed E-state index contributed by atoms with van der Waals surface area (Å²) in [4.78, 5) is 29.8. The summed E-state index contributed by atoms with van der Waals surface area (Å²) in [6, 6.07) is 9.42. The number of piperidine rings is 1. The van der Waals surface area contributed by atoms with Gasteiger partial charge in [0, 0.05) is 25.3 Å². The van der Waals surface area contributed by atoms with Gasteiger partial charge in [0.25, 0.3) is 0 Å². The van der Waals surface area contributed by atoms with Crippen LogP contribution in [0.4, 0.5) is 22.4 Å². The molecule has 2 aliphatic rings. The van der Waals surface area contributed by atoms with Gasteiger partial charge in [-0.1, -0.05) is 30.3 Å². The van der Waals surface area contributed by atoms with E-state index in [1.807, 2.05) is 0 Å². The van der Waals surface area contributed by atoms with Gasteiger partial charge in [0.1, 0.15) is 18.0 Å². The summed E-state index contributed by atoms with van der Waals surface area (Å²) < 4.78 is 66.7. The van der Waals surface area contributed by atoms with Crippen LogP contribution >= 0.6 is 12.2 Å². The molecule has 1 saturated heterocycles. The molecule has 0 saturated carbocycles. The van der Waals surface area contributed by atoms with Gasteiger partial charge < -0.3 is 14.8 Å². The van der Waals surface area contributed by atoms with E-state index in [0.29, 0.717) is 32.5 Å². The number of ether oxygens (including phenoxy) is 2. The summed E-state index contributed by atoms with van der Waals surface area (Å²) in [6.07, 6.45) is -5.87. The minimum atomic E-state index is -4.77. The third-order valence-electron chi connectivity index (χ3n) is 6.89.